The fourth-order valence-electron chi connectivity index (χ4n) is 2.94. The molecule has 0 bridgehead atoms. The first kappa shape index (κ1) is 16.9. The van der Waals surface area contributed by atoms with Gasteiger partial charge in [-0.25, -0.2) is 19.6 Å². The summed E-state index contributed by atoms with van der Waals surface area (Å²) in [5.41, 5.74) is 1.08. The molecule has 0 fully saturated rings. The van der Waals surface area contributed by atoms with Crippen LogP contribution in [0, 0.1) is 20.8 Å². The minimum Gasteiger partial charge on any atom is -0.357 e. The van der Waals surface area contributed by atoms with E-state index in [4.69, 9.17) is 4.99 Å². The van der Waals surface area contributed by atoms with E-state index >= 15 is 0 Å². The highest BCUT2D eigenvalue weighted by Gasteiger charge is 2.21. The average molecular weight is 347 g/mol. The summed E-state index contributed by atoms with van der Waals surface area (Å²) in [5, 5.41) is 12.4. The van der Waals surface area contributed by atoms with E-state index in [9.17, 15) is 0 Å². The monoisotopic (exact) mass is 347 g/mol. The minimum atomic E-state index is 0.320. The standard InChI is InChI=1S/C16H25N7S/c1-5-17-16(18-8-14-10(2)19-12(4)24-14)21-13-6-7-15-20-11(3)22-23(15)9-13/h13H,5-9H2,1-4H3,(H2,17,18,21). The van der Waals surface area contributed by atoms with E-state index in [1.807, 2.05) is 25.5 Å². The van der Waals surface area contributed by atoms with Crippen LogP contribution in [0.25, 0.3) is 0 Å². The molecule has 2 aromatic heterocycles. The Morgan fingerprint density at radius 2 is 2.17 bits per heavy atom. The quantitative estimate of drug-likeness (QED) is 0.650. The summed E-state index contributed by atoms with van der Waals surface area (Å²) in [4.78, 5) is 14.9. The summed E-state index contributed by atoms with van der Waals surface area (Å²) >= 11 is 1.72. The van der Waals surface area contributed by atoms with E-state index in [2.05, 4.69) is 32.6 Å². The van der Waals surface area contributed by atoms with E-state index in [1.54, 1.807) is 11.3 Å². The van der Waals surface area contributed by atoms with Crippen molar-refractivity contribution < 1.29 is 0 Å². The Balaban J connectivity index is 1.65. The Morgan fingerprint density at radius 1 is 1.33 bits per heavy atom. The first-order valence-corrected chi connectivity index (χ1v) is 9.25. The Bertz CT molecular complexity index is 731. The second-order valence-electron chi connectivity index (χ2n) is 6.07. The molecule has 0 saturated heterocycles. The summed E-state index contributed by atoms with van der Waals surface area (Å²) in [6, 6.07) is 0.320. The molecule has 0 amide bonds. The molecule has 3 rings (SSSR count). The molecule has 0 aliphatic carbocycles. The normalized spacial score (nSPS) is 17.7. The van der Waals surface area contributed by atoms with Crippen LogP contribution in [0.5, 0.6) is 0 Å². The van der Waals surface area contributed by atoms with Crippen molar-refractivity contribution >= 4 is 17.3 Å². The fraction of sp³-hybridized carbons (Fsp3) is 0.625. The molecular weight excluding hydrogens is 322 g/mol. The zero-order chi connectivity index (χ0) is 17.1. The van der Waals surface area contributed by atoms with Crippen molar-refractivity contribution in [3.63, 3.8) is 0 Å². The van der Waals surface area contributed by atoms with Crippen LogP contribution in [-0.2, 0) is 19.5 Å². The first-order chi connectivity index (χ1) is 11.5. The number of nitrogens with one attached hydrogen (secondary N) is 2. The zero-order valence-corrected chi connectivity index (χ0v) is 15.6. The topological polar surface area (TPSA) is 80.0 Å². The van der Waals surface area contributed by atoms with Crippen molar-refractivity contribution in [3.05, 3.63) is 27.2 Å². The first-order valence-electron chi connectivity index (χ1n) is 8.43. The van der Waals surface area contributed by atoms with E-state index in [1.165, 1.54) is 4.88 Å². The van der Waals surface area contributed by atoms with Crippen molar-refractivity contribution in [2.24, 2.45) is 4.99 Å². The maximum Gasteiger partial charge on any atom is 0.191 e. The summed E-state index contributed by atoms with van der Waals surface area (Å²) in [5.74, 6) is 2.79. The predicted octanol–water partition coefficient (Wildman–Crippen LogP) is 1.73. The van der Waals surface area contributed by atoms with Gasteiger partial charge in [0.05, 0.1) is 23.8 Å². The van der Waals surface area contributed by atoms with Crippen LogP contribution < -0.4 is 10.6 Å². The van der Waals surface area contributed by atoms with Gasteiger partial charge in [0.1, 0.15) is 11.6 Å². The molecule has 24 heavy (non-hydrogen) atoms. The van der Waals surface area contributed by atoms with Crippen LogP contribution in [0.2, 0.25) is 0 Å². The molecule has 3 heterocycles. The van der Waals surface area contributed by atoms with Crippen LogP contribution in [-0.4, -0.2) is 38.3 Å². The minimum absolute atomic E-state index is 0.320. The van der Waals surface area contributed by atoms with Gasteiger partial charge < -0.3 is 10.6 Å². The van der Waals surface area contributed by atoms with Crippen LogP contribution >= 0.6 is 11.3 Å². The maximum atomic E-state index is 4.73. The number of hydrogen-bond acceptors (Lipinski definition) is 5. The number of nitrogens with zero attached hydrogens (tertiary/aromatic N) is 5. The number of aliphatic imine (C=N–C) groups is 1. The van der Waals surface area contributed by atoms with Gasteiger partial charge in [-0.1, -0.05) is 0 Å². The van der Waals surface area contributed by atoms with Gasteiger partial charge in [0, 0.05) is 23.9 Å². The maximum absolute atomic E-state index is 4.73. The molecule has 1 atom stereocenters. The number of fused-ring (bicyclic) bond motifs is 1. The van der Waals surface area contributed by atoms with E-state index in [0.29, 0.717) is 12.6 Å². The largest absolute Gasteiger partial charge is 0.357 e. The molecule has 0 aromatic carbocycles. The summed E-state index contributed by atoms with van der Waals surface area (Å²) in [6.45, 7) is 10.4. The lowest BCUT2D eigenvalue weighted by atomic mass is 10.1. The molecule has 1 unspecified atom stereocenters. The highest BCUT2D eigenvalue weighted by atomic mass is 32.1. The number of thiazole rings is 1. The third-order valence-corrected chi connectivity index (χ3v) is 5.09. The fourth-order valence-corrected chi connectivity index (χ4v) is 3.80. The molecule has 130 valence electrons. The Kier molecular flexibility index (Phi) is 5.13. The van der Waals surface area contributed by atoms with Gasteiger partial charge in [-0.2, -0.15) is 5.10 Å². The lowest BCUT2D eigenvalue weighted by molar-refractivity contribution is 0.392. The molecular formula is C16H25N7S. The number of guanidine groups is 1. The lowest BCUT2D eigenvalue weighted by Crippen LogP contribution is -2.47. The number of rotatable bonds is 4. The Hall–Kier alpha value is -1.96. The van der Waals surface area contributed by atoms with Crippen LogP contribution in [0.15, 0.2) is 4.99 Å². The molecule has 0 spiro atoms. The van der Waals surface area contributed by atoms with Crippen molar-refractivity contribution in [3.8, 4) is 0 Å². The van der Waals surface area contributed by atoms with Gasteiger partial charge in [0.25, 0.3) is 0 Å². The highest BCUT2D eigenvalue weighted by molar-refractivity contribution is 7.11. The second-order valence-corrected chi connectivity index (χ2v) is 7.36. The zero-order valence-electron chi connectivity index (χ0n) is 14.8. The average Bonchev–Trinajstić information content (AvgIpc) is 3.05. The third-order valence-electron chi connectivity index (χ3n) is 4.03. The predicted molar refractivity (Wildman–Crippen MR) is 96.4 cm³/mol. The smallest absolute Gasteiger partial charge is 0.191 e. The van der Waals surface area contributed by atoms with Crippen molar-refractivity contribution in [2.75, 3.05) is 6.54 Å². The molecule has 1 aliphatic rings. The molecule has 2 aromatic rings. The van der Waals surface area contributed by atoms with Crippen LogP contribution in [0.1, 0.15) is 40.6 Å². The number of aromatic nitrogens is 4. The Labute approximate surface area is 146 Å². The SMILES string of the molecule is CCNC(=NCc1sc(C)nc1C)NC1CCc2nc(C)nn2C1. The van der Waals surface area contributed by atoms with Crippen molar-refractivity contribution in [1.29, 1.82) is 0 Å². The highest BCUT2D eigenvalue weighted by Crippen LogP contribution is 2.18. The van der Waals surface area contributed by atoms with E-state index in [0.717, 1.165) is 54.2 Å². The second kappa shape index (κ2) is 7.29. The molecule has 2 N–H and O–H groups in total. The summed E-state index contributed by atoms with van der Waals surface area (Å²) < 4.78 is 2.01. The number of hydrogen-bond donors (Lipinski definition) is 2. The van der Waals surface area contributed by atoms with Crippen LogP contribution in [0.4, 0.5) is 0 Å². The van der Waals surface area contributed by atoms with Gasteiger partial charge in [0.2, 0.25) is 0 Å². The third kappa shape index (κ3) is 3.92. The van der Waals surface area contributed by atoms with Gasteiger partial charge in [0.15, 0.2) is 5.96 Å². The van der Waals surface area contributed by atoms with Crippen molar-refractivity contribution in [2.45, 2.75) is 59.7 Å². The van der Waals surface area contributed by atoms with E-state index in [-0.39, 0.29) is 0 Å². The summed E-state index contributed by atoms with van der Waals surface area (Å²) in [7, 11) is 0. The summed E-state index contributed by atoms with van der Waals surface area (Å²) in [6.07, 6.45) is 1.99. The molecule has 1 aliphatic heterocycles. The Morgan fingerprint density at radius 3 is 2.88 bits per heavy atom. The molecule has 7 nitrogen and oxygen atoms in total. The van der Waals surface area contributed by atoms with Gasteiger partial charge in [-0.15, -0.1) is 11.3 Å². The van der Waals surface area contributed by atoms with Crippen molar-refractivity contribution in [1.82, 2.24) is 30.4 Å². The number of aryl methyl sites for hydroxylation is 4. The van der Waals surface area contributed by atoms with Gasteiger partial charge >= 0.3 is 0 Å². The van der Waals surface area contributed by atoms with Gasteiger partial charge in [-0.05, 0) is 34.1 Å². The lowest BCUT2D eigenvalue weighted by Gasteiger charge is -2.25. The molecule has 8 heteroatoms. The van der Waals surface area contributed by atoms with Gasteiger partial charge in [-0.3, -0.25) is 0 Å². The van der Waals surface area contributed by atoms with Crippen LogP contribution in [0.3, 0.4) is 0 Å². The molecule has 0 saturated carbocycles. The molecule has 0 radical (unpaired) electrons. The van der Waals surface area contributed by atoms with E-state index < -0.39 is 0 Å².